The van der Waals surface area contributed by atoms with Gasteiger partial charge in [-0.3, -0.25) is 0 Å². The number of anilines is 2. The van der Waals surface area contributed by atoms with Gasteiger partial charge in [-0.15, -0.1) is 5.10 Å². The molecular weight excluding hydrogens is 527 g/mol. The number of halogens is 2. The van der Waals surface area contributed by atoms with Crippen LogP contribution in [0.2, 0.25) is 5.02 Å². The number of pyridine rings is 1. The van der Waals surface area contributed by atoms with E-state index < -0.39 is 11.2 Å². The summed E-state index contributed by atoms with van der Waals surface area (Å²) in [7, 11) is 0. The fourth-order valence-corrected chi connectivity index (χ4v) is 5.29. The summed E-state index contributed by atoms with van der Waals surface area (Å²) >= 11 is 11.1. The number of ether oxygens (including phenoxy) is 1. The highest BCUT2D eigenvalue weighted by atomic mass is 35.5. The van der Waals surface area contributed by atoms with E-state index in [0.717, 1.165) is 17.3 Å². The van der Waals surface area contributed by atoms with E-state index >= 15 is 0 Å². The fraction of sp³-hybridized carbons (Fsp3) is 0.407. The SMILES string of the molecule is CC(C)(C)n1nccc1Nc1cccc(C[C@]2(c3n[nH]c(=S)o3)CC[C@H](Oc3cccc(Cl)c3F)CC2)n1. The number of benzene rings is 1. The van der Waals surface area contributed by atoms with Gasteiger partial charge in [-0.2, -0.15) is 5.10 Å². The third-order valence-corrected chi connectivity index (χ3v) is 7.32. The summed E-state index contributed by atoms with van der Waals surface area (Å²) in [6, 6.07) is 12.6. The van der Waals surface area contributed by atoms with Crippen molar-refractivity contribution in [3.63, 3.8) is 0 Å². The maximum absolute atomic E-state index is 14.4. The first-order valence-electron chi connectivity index (χ1n) is 12.6. The van der Waals surface area contributed by atoms with E-state index in [1.54, 1.807) is 18.3 Å². The molecule has 1 fully saturated rings. The summed E-state index contributed by atoms with van der Waals surface area (Å²) in [6.07, 6.45) is 5.00. The maximum Gasteiger partial charge on any atom is 0.284 e. The van der Waals surface area contributed by atoms with Crippen LogP contribution < -0.4 is 10.1 Å². The molecule has 5 rings (SSSR count). The Morgan fingerprint density at radius 2 is 1.97 bits per heavy atom. The van der Waals surface area contributed by atoms with Crippen molar-refractivity contribution in [3.05, 3.63) is 75.9 Å². The Hall–Kier alpha value is -3.24. The molecule has 11 heteroatoms. The molecule has 0 unspecified atom stereocenters. The van der Waals surface area contributed by atoms with Gasteiger partial charge in [0.15, 0.2) is 11.6 Å². The van der Waals surface area contributed by atoms with E-state index in [4.69, 9.17) is 38.0 Å². The maximum atomic E-state index is 14.4. The molecule has 1 saturated carbocycles. The summed E-state index contributed by atoms with van der Waals surface area (Å²) < 4.78 is 28.2. The van der Waals surface area contributed by atoms with E-state index in [1.165, 1.54) is 6.07 Å². The van der Waals surface area contributed by atoms with Crippen LogP contribution in [0.15, 0.2) is 53.1 Å². The molecule has 1 aliphatic rings. The monoisotopic (exact) mass is 556 g/mol. The smallest absolute Gasteiger partial charge is 0.284 e. The molecule has 4 aromatic rings. The molecule has 38 heavy (non-hydrogen) atoms. The molecule has 2 N–H and O–H groups in total. The number of nitrogens with one attached hydrogen (secondary N) is 2. The highest BCUT2D eigenvalue weighted by Gasteiger charge is 2.42. The van der Waals surface area contributed by atoms with Gasteiger partial charge in [0, 0.05) is 18.2 Å². The number of nitrogens with zero attached hydrogens (tertiary/aromatic N) is 4. The normalized spacial score (nSPS) is 19.9. The summed E-state index contributed by atoms with van der Waals surface area (Å²) in [5.41, 5.74) is 0.284. The number of aromatic nitrogens is 5. The molecule has 200 valence electrons. The molecule has 3 heterocycles. The van der Waals surface area contributed by atoms with Gasteiger partial charge in [0.1, 0.15) is 11.6 Å². The Morgan fingerprint density at radius 1 is 1.21 bits per heavy atom. The average molecular weight is 557 g/mol. The van der Waals surface area contributed by atoms with Crippen LogP contribution in [-0.2, 0) is 17.4 Å². The summed E-state index contributed by atoms with van der Waals surface area (Å²) in [6.45, 7) is 6.29. The Bertz CT molecular complexity index is 1470. The number of hydrogen-bond donors (Lipinski definition) is 2. The van der Waals surface area contributed by atoms with Crippen LogP contribution in [0.3, 0.4) is 0 Å². The van der Waals surface area contributed by atoms with Gasteiger partial charge in [0.25, 0.3) is 4.84 Å². The zero-order chi connectivity index (χ0) is 26.9. The minimum Gasteiger partial charge on any atom is -0.487 e. The van der Waals surface area contributed by atoms with E-state index in [-0.39, 0.29) is 27.3 Å². The topological polar surface area (TPSA) is 93.8 Å². The van der Waals surface area contributed by atoms with Gasteiger partial charge in [0.05, 0.1) is 28.3 Å². The lowest BCUT2D eigenvalue weighted by Gasteiger charge is -2.37. The molecule has 3 aromatic heterocycles. The van der Waals surface area contributed by atoms with Crippen molar-refractivity contribution in [2.45, 2.75) is 69.9 Å². The second-order valence-electron chi connectivity index (χ2n) is 10.7. The number of aromatic amines is 1. The van der Waals surface area contributed by atoms with Crippen molar-refractivity contribution in [3.8, 4) is 5.75 Å². The van der Waals surface area contributed by atoms with Crippen LogP contribution >= 0.6 is 23.8 Å². The van der Waals surface area contributed by atoms with E-state index in [9.17, 15) is 4.39 Å². The van der Waals surface area contributed by atoms with Gasteiger partial charge >= 0.3 is 0 Å². The Balaban J connectivity index is 1.36. The third kappa shape index (κ3) is 5.61. The predicted molar refractivity (Wildman–Crippen MR) is 146 cm³/mol. The first-order valence-corrected chi connectivity index (χ1v) is 13.4. The molecule has 1 aromatic carbocycles. The molecule has 0 aliphatic heterocycles. The molecule has 0 radical (unpaired) electrons. The summed E-state index contributed by atoms with van der Waals surface area (Å²) in [4.78, 5) is 5.13. The lowest BCUT2D eigenvalue weighted by molar-refractivity contribution is 0.0993. The zero-order valence-corrected chi connectivity index (χ0v) is 23.1. The largest absolute Gasteiger partial charge is 0.487 e. The van der Waals surface area contributed by atoms with Crippen LogP contribution in [0.25, 0.3) is 0 Å². The van der Waals surface area contributed by atoms with Crippen LogP contribution in [0.4, 0.5) is 16.0 Å². The van der Waals surface area contributed by atoms with Gasteiger partial charge in [-0.1, -0.05) is 23.7 Å². The quantitative estimate of drug-likeness (QED) is 0.234. The van der Waals surface area contributed by atoms with Gasteiger partial charge in [0.2, 0.25) is 5.89 Å². The Kier molecular flexibility index (Phi) is 7.28. The van der Waals surface area contributed by atoms with Crippen LogP contribution in [-0.4, -0.2) is 31.1 Å². The van der Waals surface area contributed by atoms with Gasteiger partial charge < -0.3 is 14.5 Å². The zero-order valence-electron chi connectivity index (χ0n) is 21.5. The summed E-state index contributed by atoms with van der Waals surface area (Å²) in [5.74, 6) is 1.77. The molecular formula is C27H30ClFN6O2S. The lowest BCUT2D eigenvalue weighted by atomic mass is 9.70. The van der Waals surface area contributed by atoms with Crippen LogP contribution in [0.5, 0.6) is 5.75 Å². The highest BCUT2D eigenvalue weighted by Crippen LogP contribution is 2.42. The van der Waals surface area contributed by atoms with Crippen molar-refractivity contribution in [1.29, 1.82) is 0 Å². The second-order valence-corrected chi connectivity index (χ2v) is 11.5. The number of hydrogen-bond acceptors (Lipinski definition) is 7. The first kappa shape index (κ1) is 26.4. The van der Waals surface area contributed by atoms with Gasteiger partial charge in [-0.25, -0.2) is 19.2 Å². The molecule has 0 spiro atoms. The van der Waals surface area contributed by atoms with E-state index in [1.807, 2.05) is 28.9 Å². The van der Waals surface area contributed by atoms with Crippen molar-refractivity contribution in [2.75, 3.05) is 5.32 Å². The van der Waals surface area contributed by atoms with E-state index in [0.29, 0.717) is 38.0 Å². The predicted octanol–water partition coefficient (Wildman–Crippen LogP) is 7.12. The molecule has 0 amide bonds. The Morgan fingerprint density at radius 3 is 2.68 bits per heavy atom. The van der Waals surface area contributed by atoms with E-state index in [2.05, 4.69) is 41.4 Å². The van der Waals surface area contributed by atoms with Gasteiger partial charge in [-0.05, 0) is 82.9 Å². The van der Waals surface area contributed by atoms with Crippen molar-refractivity contribution >= 4 is 35.5 Å². The van der Waals surface area contributed by atoms with Crippen LogP contribution in [0, 0.1) is 10.7 Å². The third-order valence-electron chi connectivity index (χ3n) is 6.85. The molecule has 0 bridgehead atoms. The van der Waals surface area contributed by atoms with Crippen molar-refractivity contribution < 1.29 is 13.5 Å². The van der Waals surface area contributed by atoms with Crippen molar-refractivity contribution in [1.82, 2.24) is 25.0 Å². The lowest BCUT2D eigenvalue weighted by Crippen LogP contribution is -2.38. The van der Waals surface area contributed by atoms with Crippen molar-refractivity contribution in [2.24, 2.45) is 0 Å². The minimum atomic E-state index is -0.537. The second kappa shape index (κ2) is 10.5. The highest BCUT2D eigenvalue weighted by molar-refractivity contribution is 7.71. The standard InChI is InChI=1S/C27H30ClFN6O2S/c1-26(2,3)35-22(12-15-30-35)32-21-9-4-6-17(31-21)16-27(24-33-34-25(38)37-24)13-10-18(11-14-27)36-20-8-5-7-19(28)23(20)29/h4-9,12,15,18H,10-11,13-14,16H2,1-3H3,(H,31,32)(H,34,38)/t18-,27-. The summed E-state index contributed by atoms with van der Waals surface area (Å²) in [5, 5.41) is 15.1. The van der Waals surface area contributed by atoms with Crippen LogP contribution in [0.1, 0.15) is 58.0 Å². The number of H-pyrrole nitrogens is 1. The molecule has 0 atom stereocenters. The average Bonchev–Trinajstić information content (AvgIpc) is 3.53. The minimum absolute atomic E-state index is 0.0473. The first-order chi connectivity index (χ1) is 18.1. The molecule has 0 saturated heterocycles. The Labute approximate surface area is 230 Å². The number of rotatable bonds is 7. The molecule has 8 nitrogen and oxygen atoms in total. The fourth-order valence-electron chi connectivity index (χ4n) is 5.00. The molecule has 1 aliphatic carbocycles.